The number of rotatable bonds is 4. The highest BCUT2D eigenvalue weighted by molar-refractivity contribution is 5.83. The molecule has 3 nitrogen and oxygen atoms in total. The van der Waals surface area contributed by atoms with Gasteiger partial charge in [0.25, 0.3) is 0 Å². The average molecular weight is 348 g/mol. The van der Waals surface area contributed by atoms with E-state index in [0.29, 0.717) is 11.5 Å². The summed E-state index contributed by atoms with van der Waals surface area (Å²) in [5.74, 6) is 0. The number of benzene rings is 2. The molecule has 2 aromatic carbocycles. The summed E-state index contributed by atoms with van der Waals surface area (Å²) in [4.78, 5) is 7.55. The van der Waals surface area contributed by atoms with Crippen molar-refractivity contribution in [3.05, 3.63) is 53.9 Å². The summed E-state index contributed by atoms with van der Waals surface area (Å²) in [5, 5.41) is 3.75. The molecular weight excluding hydrogens is 318 g/mol. The lowest BCUT2D eigenvalue weighted by molar-refractivity contribution is 0.206. The summed E-state index contributed by atoms with van der Waals surface area (Å²) < 4.78 is 0. The van der Waals surface area contributed by atoms with Crippen LogP contribution in [0.25, 0.3) is 22.2 Å². The van der Waals surface area contributed by atoms with Crippen LogP contribution in [-0.2, 0) is 6.54 Å². The third kappa shape index (κ3) is 3.68. The Balaban J connectivity index is 1.42. The van der Waals surface area contributed by atoms with Gasteiger partial charge in [-0.3, -0.25) is 0 Å². The molecule has 1 saturated carbocycles. The first kappa shape index (κ1) is 17.3. The quantitative estimate of drug-likeness (QED) is 0.645. The minimum atomic E-state index is 0.535. The topological polar surface area (TPSA) is 40.7 Å². The van der Waals surface area contributed by atoms with E-state index in [1.165, 1.54) is 47.9 Å². The molecule has 0 spiro atoms. The van der Waals surface area contributed by atoms with Gasteiger partial charge in [0.2, 0.25) is 0 Å². The predicted molar refractivity (Wildman–Crippen MR) is 109 cm³/mol. The van der Waals surface area contributed by atoms with E-state index in [0.717, 1.165) is 17.6 Å². The van der Waals surface area contributed by atoms with Crippen molar-refractivity contribution in [1.29, 1.82) is 0 Å². The predicted octanol–water partition coefficient (Wildman–Crippen LogP) is 5.60. The third-order valence-electron chi connectivity index (χ3n) is 5.97. The van der Waals surface area contributed by atoms with Crippen molar-refractivity contribution in [2.45, 2.75) is 59.0 Å². The standard InChI is InChI=1S/C23H29N3/c1-16-12-21-22(26-15-25-21)13-20(16)18-6-4-17(5-7-18)14-24-19-8-10-23(2,3)11-9-19/h4-7,12-13,15,19,24H,8-11,14H2,1-3H3,(H,25,26). The zero-order chi connectivity index (χ0) is 18.1. The van der Waals surface area contributed by atoms with Crippen LogP contribution in [0.5, 0.6) is 0 Å². The summed E-state index contributed by atoms with van der Waals surface area (Å²) in [6.07, 6.45) is 7.02. The first-order valence-electron chi connectivity index (χ1n) is 9.77. The Bertz CT molecular complexity index is 879. The van der Waals surface area contributed by atoms with Crippen molar-refractivity contribution in [1.82, 2.24) is 15.3 Å². The number of H-pyrrole nitrogens is 1. The highest BCUT2D eigenvalue weighted by Gasteiger charge is 2.26. The average Bonchev–Trinajstić information content (AvgIpc) is 3.08. The molecule has 1 fully saturated rings. The molecular formula is C23H29N3. The number of fused-ring (bicyclic) bond motifs is 1. The van der Waals surface area contributed by atoms with Crippen LogP contribution in [0.15, 0.2) is 42.7 Å². The molecule has 4 rings (SSSR count). The summed E-state index contributed by atoms with van der Waals surface area (Å²) >= 11 is 0. The molecule has 3 aromatic rings. The van der Waals surface area contributed by atoms with Crippen LogP contribution in [-0.4, -0.2) is 16.0 Å². The fourth-order valence-corrected chi connectivity index (χ4v) is 4.07. The molecule has 26 heavy (non-hydrogen) atoms. The number of imidazole rings is 1. The Labute approximate surface area is 156 Å². The van der Waals surface area contributed by atoms with E-state index in [1.807, 2.05) is 0 Å². The molecule has 0 unspecified atom stereocenters. The molecule has 1 heterocycles. The van der Waals surface area contributed by atoms with Gasteiger partial charge in [-0.15, -0.1) is 0 Å². The van der Waals surface area contributed by atoms with Crippen molar-refractivity contribution in [2.24, 2.45) is 5.41 Å². The SMILES string of the molecule is Cc1cc2nc[nH]c2cc1-c1ccc(CNC2CCC(C)(C)CC2)cc1. The summed E-state index contributed by atoms with van der Waals surface area (Å²) in [6.45, 7) is 7.91. The van der Waals surface area contributed by atoms with Gasteiger partial charge < -0.3 is 10.3 Å². The molecule has 0 saturated heterocycles. The molecule has 0 amide bonds. The fraction of sp³-hybridized carbons (Fsp3) is 0.435. The molecule has 0 atom stereocenters. The van der Waals surface area contributed by atoms with Crippen molar-refractivity contribution in [2.75, 3.05) is 0 Å². The van der Waals surface area contributed by atoms with Gasteiger partial charge in [-0.25, -0.2) is 4.98 Å². The van der Waals surface area contributed by atoms with Crippen LogP contribution in [0.1, 0.15) is 50.7 Å². The second kappa shape index (κ2) is 6.88. The molecule has 1 aliphatic rings. The lowest BCUT2D eigenvalue weighted by Gasteiger charge is -2.34. The summed E-state index contributed by atoms with van der Waals surface area (Å²) in [7, 11) is 0. The Kier molecular flexibility index (Phi) is 4.58. The lowest BCUT2D eigenvalue weighted by Crippen LogP contribution is -2.35. The van der Waals surface area contributed by atoms with Crippen LogP contribution in [0.4, 0.5) is 0 Å². The lowest BCUT2D eigenvalue weighted by atomic mass is 9.75. The van der Waals surface area contributed by atoms with Gasteiger partial charge in [-0.2, -0.15) is 0 Å². The summed E-state index contributed by atoms with van der Waals surface area (Å²) in [5.41, 5.74) is 7.82. The zero-order valence-corrected chi connectivity index (χ0v) is 16.1. The maximum Gasteiger partial charge on any atom is 0.0931 e. The van der Waals surface area contributed by atoms with E-state index in [4.69, 9.17) is 0 Å². The van der Waals surface area contributed by atoms with Gasteiger partial charge >= 0.3 is 0 Å². The number of aromatic nitrogens is 2. The number of aromatic amines is 1. The minimum absolute atomic E-state index is 0.535. The van der Waals surface area contributed by atoms with Gasteiger partial charge in [-0.05, 0) is 72.4 Å². The van der Waals surface area contributed by atoms with Gasteiger partial charge in [0, 0.05) is 12.6 Å². The number of hydrogen-bond acceptors (Lipinski definition) is 2. The number of nitrogens with zero attached hydrogens (tertiary/aromatic N) is 1. The summed E-state index contributed by atoms with van der Waals surface area (Å²) in [6, 6.07) is 14.0. The van der Waals surface area contributed by atoms with E-state index in [2.05, 4.69) is 72.5 Å². The number of hydrogen-bond donors (Lipinski definition) is 2. The van der Waals surface area contributed by atoms with E-state index in [-0.39, 0.29) is 0 Å². The van der Waals surface area contributed by atoms with Gasteiger partial charge in [0.1, 0.15) is 0 Å². The Morgan fingerprint density at radius 3 is 2.58 bits per heavy atom. The smallest absolute Gasteiger partial charge is 0.0931 e. The van der Waals surface area contributed by atoms with E-state index in [9.17, 15) is 0 Å². The highest BCUT2D eigenvalue weighted by Crippen LogP contribution is 2.35. The molecule has 2 N–H and O–H groups in total. The molecule has 0 bridgehead atoms. The van der Waals surface area contributed by atoms with Gasteiger partial charge in [0.15, 0.2) is 0 Å². The Morgan fingerprint density at radius 2 is 1.85 bits per heavy atom. The largest absolute Gasteiger partial charge is 0.345 e. The van der Waals surface area contributed by atoms with Crippen LogP contribution >= 0.6 is 0 Å². The number of aryl methyl sites for hydroxylation is 1. The van der Waals surface area contributed by atoms with Crippen molar-refractivity contribution in [3.63, 3.8) is 0 Å². The molecule has 1 aromatic heterocycles. The minimum Gasteiger partial charge on any atom is -0.345 e. The Morgan fingerprint density at radius 1 is 1.12 bits per heavy atom. The fourth-order valence-electron chi connectivity index (χ4n) is 4.07. The number of nitrogens with one attached hydrogen (secondary N) is 2. The van der Waals surface area contributed by atoms with Crippen molar-refractivity contribution < 1.29 is 0 Å². The maximum atomic E-state index is 4.34. The van der Waals surface area contributed by atoms with Crippen LogP contribution < -0.4 is 5.32 Å². The van der Waals surface area contributed by atoms with Crippen LogP contribution in [0.2, 0.25) is 0 Å². The zero-order valence-electron chi connectivity index (χ0n) is 16.1. The third-order valence-corrected chi connectivity index (χ3v) is 5.97. The van der Waals surface area contributed by atoms with Gasteiger partial charge in [-0.1, -0.05) is 38.1 Å². The van der Waals surface area contributed by atoms with E-state index < -0.39 is 0 Å². The monoisotopic (exact) mass is 347 g/mol. The molecule has 3 heteroatoms. The van der Waals surface area contributed by atoms with E-state index in [1.54, 1.807) is 6.33 Å². The van der Waals surface area contributed by atoms with Crippen molar-refractivity contribution in [3.8, 4) is 11.1 Å². The maximum absolute atomic E-state index is 4.34. The first-order valence-corrected chi connectivity index (χ1v) is 9.77. The second-order valence-corrected chi connectivity index (χ2v) is 8.60. The first-order chi connectivity index (χ1) is 12.5. The van der Waals surface area contributed by atoms with E-state index >= 15 is 0 Å². The normalized spacial score (nSPS) is 17.7. The van der Waals surface area contributed by atoms with Crippen LogP contribution in [0, 0.1) is 12.3 Å². The Hall–Kier alpha value is -2.13. The second-order valence-electron chi connectivity index (χ2n) is 8.60. The molecule has 0 aliphatic heterocycles. The van der Waals surface area contributed by atoms with Crippen molar-refractivity contribution >= 4 is 11.0 Å². The highest BCUT2D eigenvalue weighted by atomic mass is 14.9. The molecule has 136 valence electrons. The molecule has 0 radical (unpaired) electrons. The van der Waals surface area contributed by atoms with Crippen LogP contribution in [0.3, 0.4) is 0 Å². The molecule has 1 aliphatic carbocycles. The van der Waals surface area contributed by atoms with Gasteiger partial charge in [0.05, 0.1) is 17.4 Å².